The maximum atomic E-state index is 12.4. The van der Waals surface area contributed by atoms with Crippen LogP contribution in [0.3, 0.4) is 0 Å². The van der Waals surface area contributed by atoms with Crippen LogP contribution in [0.2, 0.25) is 0 Å². The second kappa shape index (κ2) is 11.3. The molecule has 0 saturated heterocycles. The molecule has 3 heteroatoms. The maximum Gasteiger partial charge on any atom is 0.410 e. The molecule has 0 aliphatic carbocycles. The zero-order valence-corrected chi connectivity index (χ0v) is 15.1. The smallest absolute Gasteiger partial charge is 0.410 e. The third-order valence-electron chi connectivity index (χ3n) is 3.47. The van der Waals surface area contributed by atoms with Crippen molar-refractivity contribution >= 4 is 6.09 Å². The van der Waals surface area contributed by atoms with Crippen molar-refractivity contribution in [2.75, 3.05) is 6.54 Å². The van der Waals surface area contributed by atoms with Crippen LogP contribution in [0.25, 0.3) is 0 Å². The normalized spacial score (nSPS) is 12.5. The highest BCUT2D eigenvalue weighted by molar-refractivity contribution is 5.68. The van der Waals surface area contributed by atoms with Crippen molar-refractivity contribution in [2.45, 2.75) is 84.3 Å². The van der Waals surface area contributed by atoms with Crippen LogP contribution in [-0.4, -0.2) is 29.2 Å². The first-order valence-corrected chi connectivity index (χ1v) is 8.57. The lowest BCUT2D eigenvalue weighted by atomic mass is 10.0. The van der Waals surface area contributed by atoms with Gasteiger partial charge in [-0.15, -0.1) is 13.2 Å². The van der Waals surface area contributed by atoms with E-state index in [0.717, 1.165) is 19.3 Å². The molecule has 0 aliphatic heterocycles. The molecule has 0 aromatic rings. The Hall–Kier alpha value is -1.25. The van der Waals surface area contributed by atoms with Gasteiger partial charge in [0.1, 0.15) is 5.60 Å². The number of amides is 1. The van der Waals surface area contributed by atoms with Gasteiger partial charge in [0.05, 0.1) is 0 Å². The lowest BCUT2D eigenvalue weighted by Crippen LogP contribution is -2.43. The summed E-state index contributed by atoms with van der Waals surface area (Å²) in [4.78, 5) is 14.2. The van der Waals surface area contributed by atoms with Crippen molar-refractivity contribution in [3.63, 3.8) is 0 Å². The van der Waals surface area contributed by atoms with Crippen molar-refractivity contribution in [1.82, 2.24) is 4.90 Å². The number of hydrogen-bond donors (Lipinski definition) is 0. The van der Waals surface area contributed by atoms with Crippen molar-refractivity contribution in [3.8, 4) is 0 Å². The number of unbranched alkanes of at least 4 members (excludes halogenated alkanes) is 4. The van der Waals surface area contributed by atoms with Crippen LogP contribution in [0.4, 0.5) is 4.79 Å². The van der Waals surface area contributed by atoms with Crippen LogP contribution < -0.4 is 0 Å². The predicted molar refractivity (Wildman–Crippen MR) is 95.1 cm³/mol. The summed E-state index contributed by atoms with van der Waals surface area (Å²) in [7, 11) is 0. The number of carbonyl (C=O) groups is 1. The number of hydrogen-bond acceptors (Lipinski definition) is 2. The lowest BCUT2D eigenvalue weighted by molar-refractivity contribution is 0.0179. The average Bonchev–Trinajstić information content (AvgIpc) is 2.41. The first-order valence-electron chi connectivity index (χ1n) is 8.57. The molecule has 0 bridgehead atoms. The van der Waals surface area contributed by atoms with E-state index in [1.54, 1.807) is 11.0 Å². The molecule has 0 aromatic carbocycles. The number of ether oxygens (including phenoxy) is 1. The van der Waals surface area contributed by atoms with Crippen LogP contribution in [0.1, 0.15) is 72.6 Å². The minimum Gasteiger partial charge on any atom is -0.444 e. The molecule has 0 unspecified atom stereocenters. The fraction of sp³-hybridized carbons (Fsp3) is 0.737. The Morgan fingerprint density at radius 2 is 1.77 bits per heavy atom. The minimum absolute atomic E-state index is 0.145. The molecule has 3 nitrogen and oxygen atoms in total. The summed E-state index contributed by atoms with van der Waals surface area (Å²) in [5.74, 6) is 0. The summed E-state index contributed by atoms with van der Waals surface area (Å²) in [6.07, 6.45) is 11.3. The molecule has 1 amide bonds. The molecule has 22 heavy (non-hydrogen) atoms. The number of carbonyl (C=O) groups excluding carboxylic acids is 1. The third-order valence-corrected chi connectivity index (χ3v) is 3.47. The SMILES string of the molecule is C=CC[C@@H](CCCCCCC)N(CC=C)C(=O)OC(C)(C)C. The van der Waals surface area contributed by atoms with Gasteiger partial charge >= 0.3 is 6.09 Å². The lowest BCUT2D eigenvalue weighted by Gasteiger charge is -2.32. The van der Waals surface area contributed by atoms with Crippen molar-refractivity contribution < 1.29 is 9.53 Å². The molecular formula is C19H35NO2. The van der Waals surface area contributed by atoms with Gasteiger partial charge in [-0.05, 0) is 33.6 Å². The van der Waals surface area contributed by atoms with E-state index in [-0.39, 0.29) is 12.1 Å². The fourth-order valence-corrected chi connectivity index (χ4v) is 2.41. The largest absolute Gasteiger partial charge is 0.444 e. The molecule has 1 atom stereocenters. The molecule has 0 saturated carbocycles. The average molecular weight is 309 g/mol. The zero-order valence-electron chi connectivity index (χ0n) is 15.1. The summed E-state index contributed by atoms with van der Waals surface area (Å²) >= 11 is 0. The van der Waals surface area contributed by atoms with E-state index in [1.165, 1.54) is 25.7 Å². The molecular weight excluding hydrogens is 274 g/mol. The zero-order chi connectivity index (χ0) is 17.0. The van der Waals surface area contributed by atoms with E-state index in [2.05, 4.69) is 20.1 Å². The molecule has 128 valence electrons. The molecule has 0 N–H and O–H groups in total. The van der Waals surface area contributed by atoms with Crippen LogP contribution in [0, 0.1) is 0 Å². The highest BCUT2D eigenvalue weighted by Crippen LogP contribution is 2.19. The van der Waals surface area contributed by atoms with Gasteiger partial charge in [0.2, 0.25) is 0 Å². The first kappa shape index (κ1) is 20.8. The topological polar surface area (TPSA) is 29.5 Å². The van der Waals surface area contributed by atoms with Crippen LogP contribution in [0.15, 0.2) is 25.3 Å². The molecule has 0 aliphatic rings. The van der Waals surface area contributed by atoms with E-state index in [4.69, 9.17) is 4.74 Å². The first-order chi connectivity index (χ1) is 10.4. The van der Waals surface area contributed by atoms with Gasteiger partial charge in [-0.3, -0.25) is 0 Å². The van der Waals surface area contributed by atoms with Gasteiger partial charge < -0.3 is 9.64 Å². The van der Waals surface area contributed by atoms with E-state index < -0.39 is 5.60 Å². The van der Waals surface area contributed by atoms with Crippen molar-refractivity contribution in [2.24, 2.45) is 0 Å². The highest BCUT2D eigenvalue weighted by Gasteiger charge is 2.26. The predicted octanol–water partition coefficient (Wildman–Crippen LogP) is 5.71. The monoisotopic (exact) mass is 309 g/mol. The molecule has 0 aromatic heterocycles. The van der Waals surface area contributed by atoms with Crippen LogP contribution in [0.5, 0.6) is 0 Å². The number of nitrogens with zero attached hydrogens (tertiary/aromatic N) is 1. The molecule has 0 radical (unpaired) electrons. The van der Waals surface area contributed by atoms with Gasteiger partial charge in [-0.2, -0.15) is 0 Å². The molecule has 0 fully saturated rings. The third kappa shape index (κ3) is 9.64. The Kier molecular flexibility index (Phi) is 10.7. The van der Waals surface area contributed by atoms with Crippen LogP contribution in [-0.2, 0) is 4.74 Å². The van der Waals surface area contributed by atoms with E-state index in [9.17, 15) is 4.79 Å². The summed E-state index contributed by atoms with van der Waals surface area (Å²) in [5.41, 5.74) is -0.476. The Bertz CT molecular complexity index is 331. The fourth-order valence-electron chi connectivity index (χ4n) is 2.41. The van der Waals surface area contributed by atoms with E-state index in [0.29, 0.717) is 6.54 Å². The second-order valence-electron chi connectivity index (χ2n) is 6.80. The minimum atomic E-state index is -0.476. The summed E-state index contributed by atoms with van der Waals surface area (Å²) in [5, 5.41) is 0. The summed E-state index contributed by atoms with van der Waals surface area (Å²) in [6.45, 7) is 16.0. The summed E-state index contributed by atoms with van der Waals surface area (Å²) in [6, 6.07) is 0.145. The maximum absolute atomic E-state index is 12.4. The van der Waals surface area contributed by atoms with Crippen molar-refractivity contribution in [1.29, 1.82) is 0 Å². The standard InChI is InChI=1S/C19H35NO2/c1-7-10-11-12-13-15-17(14-8-2)20(16-9-3)18(21)22-19(4,5)6/h8-9,17H,2-3,7,10-16H2,1,4-6H3/t17-/m0/s1. The van der Waals surface area contributed by atoms with E-state index >= 15 is 0 Å². The number of rotatable bonds is 11. The van der Waals surface area contributed by atoms with E-state index in [1.807, 2.05) is 26.8 Å². The Labute approximate surface area is 137 Å². The molecule has 0 rings (SSSR count). The second-order valence-corrected chi connectivity index (χ2v) is 6.80. The van der Waals surface area contributed by atoms with Gasteiger partial charge in [-0.25, -0.2) is 4.79 Å². The Morgan fingerprint density at radius 1 is 1.14 bits per heavy atom. The summed E-state index contributed by atoms with van der Waals surface area (Å²) < 4.78 is 5.53. The van der Waals surface area contributed by atoms with Gasteiger partial charge in [-0.1, -0.05) is 51.2 Å². The van der Waals surface area contributed by atoms with Gasteiger partial charge in [0.15, 0.2) is 0 Å². The molecule has 0 heterocycles. The molecule has 0 spiro atoms. The quantitative estimate of drug-likeness (QED) is 0.361. The Morgan fingerprint density at radius 3 is 2.27 bits per heavy atom. The van der Waals surface area contributed by atoms with Gasteiger partial charge in [0.25, 0.3) is 0 Å². The van der Waals surface area contributed by atoms with Crippen LogP contribution >= 0.6 is 0 Å². The van der Waals surface area contributed by atoms with Gasteiger partial charge in [0, 0.05) is 12.6 Å². The van der Waals surface area contributed by atoms with Crippen molar-refractivity contribution in [3.05, 3.63) is 25.3 Å². The highest BCUT2D eigenvalue weighted by atomic mass is 16.6. The Balaban J connectivity index is 4.67.